The van der Waals surface area contributed by atoms with E-state index >= 15 is 0 Å². The van der Waals surface area contributed by atoms with Gasteiger partial charge in [0, 0.05) is 38.3 Å². The van der Waals surface area contributed by atoms with Crippen molar-refractivity contribution in [2.75, 3.05) is 31.1 Å². The minimum Gasteiger partial charge on any atom is -0.444 e. The summed E-state index contributed by atoms with van der Waals surface area (Å²) in [6.07, 6.45) is 1.78. The first-order valence-corrected chi connectivity index (χ1v) is 9.99. The summed E-state index contributed by atoms with van der Waals surface area (Å²) in [4.78, 5) is 14.2. The molecule has 5 nitrogen and oxygen atoms in total. The average Bonchev–Trinajstić information content (AvgIpc) is 3.36. The van der Waals surface area contributed by atoms with Crippen LogP contribution in [-0.2, 0) is 6.54 Å². The van der Waals surface area contributed by atoms with E-state index in [0.29, 0.717) is 5.89 Å². The van der Waals surface area contributed by atoms with Crippen LogP contribution in [0.4, 0.5) is 5.13 Å². The summed E-state index contributed by atoms with van der Waals surface area (Å²) in [5.41, 5.74) is 3.10. The second kappa shape index (κ2) is 7.13. The largest absolute Gasteiger partial charge is 0.444 e. The van der Waals surface area contributed by atoms with E-state index in [4.69, 9.17) is 9.40 Å². The third-order valence-electron chi connectivity index (χ3n) is 4.88. The molecule has 1 aliphatic rings. The summed E-state index contributed by atoms with van der Waals surface area (Å²) in [5, 5.41) is 1.13. The molecule has 0 atom stereocenters. The number of anilines is 1. The number of hydrogen-bond donors (Lipinski definition) is 0. The SMILES string of the molecule is c1ccc(-c2nc(CN3CCN(c4nc5ccccc5s4)CC3)co2)cc1. The molecule has 0 saturated carbocycles. The normalized spacial score (nSPS) is 15.5. The molecule has 0 bridgehead atoms. The maximum absolute atomic E-state index is 5.66. The molecule has 2 aromatic carbocycles. The van der Waals surface area contributed by atoms with Gasteiger partial charge in [0.2, 0.25) is 5.89 Å². The zero-order valence-corrected chi connectivity index (χ0v) is 15.7. The van der Waals surface area contributed by atoms with Gasteiger partial charge in [-0.25, -0.2) is 9.97 Å². The monoisotopic (exact) mass is 376 g/mol. The second-order valence-electron chi connectivity index (χ2n) is 6.74. The molecule has 1 aliphatic heterocycles. The van der Waals surface area contributed by atoms with Crippen molar-refractivity contribution in [2.45, 2.75) is 6.54 Å². The molecule has 0 aliphatic carbocycles. The van der Waals surface area contributed by atoms with Crippen molar-refractivity contribution >= 4 is 26.7 Å². The summed E-state index contributed by atoms with van der Waals surface area (Å²) in [6, 6.07) is 18.4. The molecule has 0 amide bonds. The van der Waals surface area contributed by atoms with Crippen molar-refractivity contribution in [1.82, 2.24) is 14.9 Å². The smallest absolute Gasteiger partial charge is 0.226 e. The molecule has 136 valence electrons. The number of benzene rings is 2. The highest BCUT2D eigenvalue weighted by Gasteiger charge is 2.21. The molecule has 27 heavy (non-hydrogen) atoms. The van der Waals surface area contributed by atoms with E-state index in [-0.39, 0.29) is 0 Å². The van der Waals surface area contributed by atoms with Crippen LogP contribution in [0.15, 0.2) is 65.3 Å². The van der Waals surface area contributed by atoms with Crippen molar-refractivity contribution in [2.24, 2.45) is 0 Å². The van der Waals surface area contributed by atoms with Crippen LogP contribution in [0.3, 0.4) is 0 Å². The van der Waals surface area contributed by atoms with Crippen molar-refractivity contribution in [3.05, 3.63) is 66.6 Å². The zero-order chi connectivity index (χ0) is 18.1. The molecule has 1 saturated heterocycles. The molecule has 4 aromatic rings. The lowest BCUT2D eigenvalue weighted by atomic mass is 10.2. The highest BCUT2D eigenvalue weighted by Crippen LogP contribution is 2.29. The predicted octanol–water partition coefficient (Wildman–Crippen LogP) is 4.27. The summed E-state index contributed by atoms with van der Waals surface area (Å²) in [5.74, 6) is 0.693. The Kier molecular flexibility index (Phi) is 4.35. The van der Waals surface area contributed by atoms with Gasteiger partial charge in [-0.3, -0.25) is 4.90 Å². The zero-order valence-electron chi connectivity index (χ0n) is 14.9. The minimum absolute atomic E-state index is 0.693. The van der Waals surface area contributed by atoms with E-state index in [2.05, 4.69) is 33.0 Å². The van der Waals surface area contributed by atoms with Crippen LogP contribution in [0.5, 0.6) is 0 Å². The number of aromatic nitrogens is 2. The number of rotatable bonds is 4. The number of piperazine rings is 1. The van der Waals surface area contributed by atoms with Crippen LogP contribution < -0.4 is 4.90 Å². The molecule has 1 fully saturated rings. The average molecular weight is 376 g/mol. The summed E-state index contributed by atoms with van der Waals surface area (Å²) < 4.78 is 6.92. The Morgan fingerprint density at radius 3 is 2.48 bits per heavy atom. The number of nitrogens with zero attached hydrogens (tertiary/aromatic N) is 4. The molecule has 0 unspecified atom stereocenters. The summed E-state index contributed by atoms with van der Waals surface area (Å²) >= 11 is 1.78. The van der Waals surface area contributed by atoms with Gasteiger partial charge in [0.15, 0.2) is 5.13 Å². The van der Waals surface area contributed by atoms with Crippen LogP contribution in [-0.4, -0.2) is 41.0 Å². The predicted molar refractivity (Wildman–Crippen MR) is 109 cm³/mol. The third-order valence-corrected chi connectivity index (χ3v) is 5.98. The molecule has 5 rings (SSSR count). The van der Waals surface area contributed by atoms with Gasteiger partial charge in [-0.1, -0.05) is 41.7 Å². The molecule has 2 aromatic heterocycles. The number of hydrogen-bond acceptors (Lipinski definition) is 6. The van der Waals surface area contributed by atoms with Gasteiger partial charge in [0.1, 0.15) is 6.26 Å². The summed E-state index contributed by atoms with van der Waals surface area (Å²) in [7, 11) is 0. The van der Waals surface area contributed by atoms with Gasteiger partial charge in [-0.2, -0.15) is 0 Å². The maximum atomic E-state index is 5.66. The molecule has 0 radical (unpaired) electrons. The van der Waals surface area contributed by atoms with E-state index in [1.54, 1.807) is 17.6 Å². The van der Waals surface area contributed by atoms with Gasteiger partial charge in [-0.15, -0.1) is 0 Å². The Labute approximate surface area is 161 Å². The van der Waals surface area contributed by atoms with E-state index in [1.807, 2.05) is 36.4 Å². The van der Waals surface area contributed by atoms with Crippen LogP contribution in [0.1, 0.15) is 5.69 Å². The van der Waals surface area contributed by atoms with Crippen molar-refractivity contribution in [3.8, 4) is 11.5 Å². The Balaban J connectivity index is 1.21. The topological polar surface area (TPSA) is 45.4 Å². The number of fused-ring (bicyclic) bond motifs is 1. The van der Waals surface area contributed by atoms with E-state index in [9.17, 15) is 0 Å². The van der Waals surface area contributed by atoms with Gasteiger partial charge in [0.05, 0.1) is 15.9 Å². The lowest BCUT2D eigenvalue weighted by Gasteiger charge is -2.34. The first-order chi connectivity index (χ1) is 13.3. The van der Waals surface area contributed by atoms with Gasteiger partial charge in [-0.05, 0) is 24.3 Å². The molecular weight excluding hydrogens is 356 g/mol. The standard InChI is InChI=1S/C21H20N4OS/c1-2-6-16(7-3-1)20-22-17(15-26-20)14-24-10-12-25(13-11-24)21-23-18-8-4-5-9-19(18)27-21/h1-9,15H,10-14H2. The molecule has 0 N–H and O–H groups in total. The van der Waals surface area contributed by atoms with Gasteiger partial charge < -0.3 is 9.32 Å². The highest BCUT2D eigenvalue weighted by molar-refractivity contribution is 7.22. The van der Waals surface area contributed by atoms with Crippen molar-refractivity contribution in [1.29, 1.82) is 0 Å². The highest BCUT2D eigenvalue weighted by atomic mass is 32.1. The first kappa shape index (κ1) is 16.5. The number of oxazole rings is 1. The second-order valence-corrected chi connectivity index (χ2v) is 7.75. The van der Waals surface area contributed by atoms with Crippen LogP contribution in [0, 0.1) is 0 Å². The fourth-order valence-corrected chi connectivity index (χ4v) is 4.43. The quantitative estimate of drug-likeness (QED) is 0.532. The fraction of sp³-hybridized carbons (Fsp3) is 0.238. The molecule has 6 heteroatoms. The first-order valence-electron chi connectivity index (χ1n) is 9.18. The Morgan fingerprint density at radius 1 is 0.889 bits per heavy atom. The Bertz CT molecular complexity index is 1000. The molecule has 0 spiro atoms. The van der Waals surface area contributed by atoms with Crippen LogP contribution >= 0.6 is 11.3 Å². The van der Waals surface area contributed by atoms with Crippen molar-refractivity contribution < 1.29 is 4.42 Å². The maximum Gasteiger partial charge on any atom is 0.226 e. The fourth-order valence-electron chi connectivity index (χ4n) is 3.41. The third kappa shape index (κ3) is 3.46. The van der Waals surface area contributed by atoms with Crippen LogP contribution in [0.2, 0.25) is 0 Å². The Hall–Kier alpha value is -2.70. The van der Waals surface area contributed by atoms with Crippen LogP contribution in [0.25, 0.3) is 21.7 Å². The van der Waals surface area contributed by atoms with E-state index < -0.39 is 0 Å². The lowest BCUT2D eigenvalue weighted by Crippen LogP contribution is -2.46. The van der Waals surface area contributed by atoms with Crippen molar-refractivity contribution in [3.63, 3.8) is 0 Å². The molecular formula is C21H20N4OS. The Morgan fingerprint density at radius 2 is 1.67 bits per heavy atom. The lowest BCUT2D eigenvalue weighted by molar-refractivity contribution is 0.247. The van der Waals surface area contributed by atoms with E-state index in [0.717, 1.165) is 54.6 Å². The van der Waals surface area contributed by atoms with Gasteiger partial charge >= 0.3 is 0 Å². The molecule has 3 heterocycles. The summed E-state index contributed by atoms with van der Waals surface area (Å²) in [6.45, 7) is 4.81. The minimum atomic E-state index is 0.693. The van der Waals surface area contributed by atoms with Gasteiger partial charge in [0.25, 0.3) is 0 Å². The number of para-hydroxylation sites is 1. The number of thiazole rings is 1. The van der Waals surface area contributed by atoms with E-state index in [1.165, 1.54) is 4.70 Å².